The van der Waals surface area contributed by atoms with E-state index in [1.165, 1.54) is 10.9 Å². The van der Waals surface area contributed by atoms with E-state index < -0.39 is 0 Å². The van der Waals surface area contributed by atoms with Crippen molar-refractivity contribution in [2.75, 3.05) is 13.1 Å². The number of hydrogen-bond donors (Lipinski definition) is 0. The number of rotatable bonds is 4. The molecule has 7 heteroatoms. The Kier molecular flexibility index (Phi) is 5.22. The van der Waals surface area contributed by atoms with Crippen molar-refractivity contribution in [1.82, 2.24) is 24.2 Å². The summed E-state index contributed by atoms with van der Waals surface area (Å²) < 4.78 is 3.18. The monoisotopic (exact) mass is 393 g/mol. The number of nitrogens with zero attached hydrogens (tertiary/aromatic N) is 5. The van der Waals surface area contributed by atoms with E-state index in [1.54, 1.807) is 10.9 Å². The van der Waals surface area contributed by atoms with Gasteiger partial charge in [-0.1, -0.05) is 31.5 Å². The van der Waals surface area contributed by atoms with Crippen LogP contribution >= 0.6 is 0 Å². The molecule has 3 aromatic rings. The zero-order chi connectivity index (χ0) is 20.5. The third kappa shape index (κ3) is 3.95. The van der Waals surface area contributed by atoms with Gasteiger partial charge in [-0.3, -0.25) is 14.2 Å². The molecule has 2 aromatic heterocycles. The number of aryl methyl sites for hydroxylation is 2. The Morgan fingerprint density at radius 1 is 1.14 bits per heavy atom. The fourth-order valence-electron chi connectivity index (χ4n) is 4.22. The second kappa shape index (κ2) is 7.81. The van der Waals surface area contributed by atoms with Crippen LogP contribution in [-0.2, 0) is 11.3 Å². The Morgan fingerprint density at radius 3 is 2.52 bits per heavy atom. The van der Waals surface area contributed by atoms with Crippen molar-refractivity contribution in [2.45, 2.75) is 40.2 Å². The first-order chi connectivity index (χ1) is 13.9. The number of aromatic nitrogens is 4. The van der Waals surface area contributed by atoms with Crippen molar-refractivity contribution in [3.05, 3.63) is 52.7 Å². The Hall–Kier alpha value is -2.96. The highest BCUT2D eigenvalue weighted by Gasteiger charge is 2.25. The molecule has 1 aliphatic rings. The molecule has 1 aliphatic heterocycles. The number of benzene rings is 1. The smallest absolute Gasteiger partial charge is 0.264 e. The van der Waals surface area contributed by atoms with E-state index in [-0.39, 0.29) is 11.5 Å². The Morgan fingerprint density at radius 2 is 1.83 bits per heavy atom. The van der Waals surface area contributed by atoms with Crippen molar-refractivity contribution < 1.29 is 4.79 Å². The second-order valence-corrected chi connectivity index (χ2v) is 8.37. The number of carbonyl (C=O) groups excluding carboxylic acids is 1. The van der Waals surface area contributed by atoms with Crippen molar-refractivity contribution in [3.63, 3.8) is 0 Å². The maximum atomic E-state index is 12.9. The molecule has 7 nitrogen and oxygen atoms in total. The van der Waals surface area contributed by atoms with Gasteiger partial charge in [0.25, 0.3) is 5.56 Å². The van der Waals surface area contributed by atoms with Gasteiger partial charge in [0.15, 0.2) is 5.65 Å². The van der Waals surface area contributed by atoms with Gasteiger partial charge in [0, 0.05) is 26.1 Å². The molecule has 0 spiro atoms. The highest BCUT2D eigenvalue weighted by molar-refractivity contribution is 5.77. The first kappa shape index (κ1) is 19.4. The summed E-state index contributed by atoms with van der Waals surface area (Å²) in [5, 5.41) is 4.81. The predicted octanol–water partition coefficient (Wildman–Crippen LogP) is 2.79. The Bertz CT molecular complexity index is 1070. The lowest BCUT2D eigenvalue weighted by atomic mass is 9.92. The molecule has 2 unspecified atom stereocenters. The molecule has 0 N–H and O–H groups in total. The van der Waals surface area contributed by atoms with Gasteiger partial charge in [-0.25, -0.2) is 9.67 Å². The Labute approximate surface area is 170 Å². The lowest BCUT2D eigenvalue weighted by molar-refractivity contribution is -0.134. The second-order valence-electron chi connectivity index (χ2n) is 8.37. The van der Waals surface area contributed by atoms with Crippen LogP contribution in [0, 0.1) is 18.8 Å². The van der Waals surface area contributed by atoms with Crippen LogP contribution in [0.3, 0.4) is 0 Å². The van der Waals surface area contributed by atoms with E-state index in [2.05, 4.69) is 23.9 Å². The van der Waals surface area contributed by atoms with Gasteiger partial charge in [0.2, 0.25) is 5.91 Å². The van der Waals surface area contributed by atoms with Gasteiger partial charge in [0.05, 0.1) is 18.2 Å². The van der Waals surface area contributed by atoms with Crippen LogP contribution < -0.4 is 5.56 Å². The van der Waals surface area contributed by atoms with Crippen LogP contribution in [0.1, 0.15) is 32.3 Å². The number of carbonyl (C=O) groups is 1. The van der Waals surface area contributed by atoms with Crippen LogP contribution in [-0.4, -0.2) is 43.2 Å². The van der Waals surface area contributed by atoms with Crippen molar-refractivity contribution in [3.8, 4) is 5.69 Å². The summed E-state index contributed by atoms with van der Waals surface area (Å²) in [6, 6.07) is 7.90. The van der Waals surface area contributed by atoms with Crippen LogP contribution in [0.5, 0.6) is 0 Å². The van der Waals surface area contributed by atoms with Crippen molar-refractivity contribution in [1.29, 1.82) is 0 Å². The third-order valence-electron chi connectivity index (χ3n) is 5.62. The number of likely N-dealkylation sites (tertiary alicyclic amines) is 1. The molecular formula is C22H27N5O2. The van der Waals surface area contributed by atoms with E-state index in [1.807, 2.05) is 36.1 Å². The molecule has 2 atom stereocenters. The summed E-state index contributed by atoms with van der Waals surface area (Å²) >= 11 is 0. The average Bonchev–Trinajstić information content (AvgIpc) is 3.12. The minimum Gasteiger partial charge on any atom is -0.342 e. The molecule has 0 radical (unpaired) electrons. The lowest BCUT2D eigenvalue weighted by Crippen LogP contribution is -2.43. The van der Waals surface area contributed by atoms with E-state index in [4.69, 9.17) is 0 Å². The van der Waals surface area contributed by atoms with Gasteiger partial charge in [0.1, 0.15) is 5.39 Å². The van der Waals surface area contributed by atoms with Gasteiger partial charge in [-0.2, -0.15) is 5.10 Å². The molecule has 4 rings (SSSR count). The van der Waals surface area contributed by atoms with Crippen LogP contribution in [0.25, 0.3) is 16.7 Å². The average molecular weight is 393 g/mol. The molecular weight excluding hydrogens is 366 g/mol. The van der Waals surface area contributed by atoms with Gasteiger partial charge in [-0.05, 0) is 37.3 Å². The molecule has 0 saturated carbocycles. The van der Waals surface area contributed by atoms with E-state index in [9.17, 15) is 9.59 Å². The summed E-state index contributed by atoms with van der Waals surface area (Å²) in [5.41, 5.74) is 2.38. The largest absolute Gasteiger partial charge is 0.342 e. The summed E-state index contributed by atoms with van der Waals surface area (Å²) in [4.78, 5) is 31.9. The van der Waals surface area contributed by atoms with Crippen molar-refractivity contribution in [2.24, 2.45) is 11.8 Å². The standard InChI is InChI=1S/C22H27N5O2/c1-15-4-6-18(7-5-15)27-21-19(11-24-27)22(29)25(14-23-21)9-8-20(28)26-12-16(2)10-17(3)13-26/h4-7,11,14,16-17H,8-10,12-13H2,1-3H3. The van der Waals surface area contributed by atoms with Gasteiger partial charge < -0.3 is 4.90 Å². The summed E-state index contributed by atoms with van der Waals surface area (Å²) in [5.74, 6) is 1.15. The molecule has 3 heterocycles. The molecule has 1 saturated heterocycles. The highest BCUT2D eigenvalue weighted by atomic mass is 16.2. The number of hydrogen-bond acceptors (Lipinski definition) is 4. The number of piperidine rings is 1. The molecule has 152 valence electrons. The summed E-state index contributed by atoms with van der Waals surface area (Å²) in [7, 11) is 0. The fraction of sp³-hybridized carbons (Fsp3) is 0.455. The number of amides is 1. The van der Waals surface area contributed by atoms with Crippen LogP contribution in [0.15, 0.2) is 41.6 Å². The molecule has 1 amide bonds. The molecule has 0 aliphatic carbocycles. The zero-order valence-corrected chi connectivity index (χ0v) is 17.2. The van der Waals surface area contributed by atoms with E-state index >= 15 is 0 Å². The summed E-state index contributed by atoms with van der Waals surface area (Å²) in [6.07, 6.45) is 4.54. The summed E-state index contributed by atoms with van der Waals surface area (Å²) in [6.45, 7) is 8.33. The quantitative estimate of drug-likeness (QED) is 0.683. The van der Waals surface area contributed by atoms with Crippen LogP contribution in [0.2, 0.25) is 0 Å². The van der Waals surface area contributed by atoms with E-state index in [0.29, 0.717) is 35.8 Å². The molecule has 0 bridgehead atoms. The maximum Gasteiger partial charge on any atom is 0.264 e. The van der Waals surface area contributed by atoms with Gasteiger partial charge in [-0.15, -0.1) is 0 Å². The van der Waals surface area contributed by atoms with Crippen LogP contribution in [0.4, 0.5) is 0 Å². The third-order valence-corrected chi connectivity index (χ3v) is 5.62. The molecule has 1 fully saturated rings. The van der Waals surface area contributed by atoms with Gasteiger partial charge >= 0.3 is 0 Å². The van der Waals surface area contributed by atoms with E-state index in [0.717, 1.165) is 30.8 Å². The number of fused-ring (bicyclic) bond motifs is 1. The Balaban J connectivity index is 1.52. The predicted molar refractivity (Wildman–Crippen MR) is 112 cm³/mol. The minimum absolute atomic E-state index is 0.103. The maximum absolute atomic E-state index is 12.9. The first-order valence-electron chi connectivity index (χ1n) is 10.2. The minimum atomic E-state index is -0.165. The molecule has 29 heavy (non-hydrogen) atoms. The molecule has 1 aromatic carbocycles. The lowest BCUT2D eigenvalue weighted by Gasteiger charge is -2.35. The van der Waals surface area contributed by atoms with Crippen molar-refractivity contribution >= 4 is 16.9 Å². The highest BCUT2D eigenvalue weighted by Crippen LogP contribution is 2.21. The SMILES string of the molecule is Cc1ccc(-n2ncc3c(=O)n(CCC(=O)N4CC(C)CC(C)C4)cnc32)cc1. The fourth-order valence-corrected chi connectivity index (χ4v) is 4.22. The zero-order valence-electron chi connectivity index (χ0n) is 17.2. The first-order valence-corrected chi connectivity index (χ1v) is 10.2. The normalized spacial score (nSPS) is 19.6. The topological polar surface area (TPSA) is 73.0 Å².